The van der Waals surface area contributed by atoms with Crippen LogP contribution in [-0.2, 0) is 9.53 Å². The predicted molar refractivity (Wildman–Crippen MR) is 191 cm³/mol. The van der Waals surface area contributed by atoms with Crippen LogP contribution in [0.1, 0.15) is 126 Å². The van der Waals surface area contributed by atoms with E-state index in [1.807, 2.05) is 0 Å². The number of ether oxygens (including phenoxy) is 1. The largest absolute Gasteiger partial charge is 0.379 e. The van der Waals surface area contributed by atoms with E-state index in [0.717, 1.165) is 102 Å². The molecule has 0 spiro atoms. The van der Waals surface area contributed by atoms with Crippen LogP contribution in [0.2, 0.25) is 0 Å². The van der Waals surface area contributed by atoms with Crippen molar-refractivity contribution in [2.24, 2.45) is 68.0 Å². The Hall–Kier alpha value is -0.650. The number of carbonyl (C=O) groups is 1. The quantitative estimate of drug-likeness (QED) is 0.303. The van der Waals surface area contributed by atoms with Crippen LogP contribution < -0.4 is 0 Å². The summed E-state index contributed by atoms with van der Waals surface area (Å²) in [5.74, 6) is 5.21. The molecule has 6 saturated carbocycles. The minimum atomic E-state index is -0.0943. The summed E-state index contributed by atoms with van der Waals surface area (Å²) in [5, 5.41) is 0. The summed E-state index contributed by atoms with van der Waals surface area (Å²) in [6.07, 6.45) is 16.2. The molecule has 0 bridgehead atoms. The zero-order chi connectivity index (χ0) is 33.0. The van der Waals surface area contributed by atoms with Crippen LogP contribution in [0.15, 0.2) is 0 Å². The average molecular weight is 650 g/mol. The number of hydrogen-bond donors (Lipinski definition) is 0. The molecule has 5 heteroatoms. The highest BCUT2D eigenvalue weighted by molar-refractivity contribution is 5.84. The van der Waals surface area contributed by atoms with Gasteiger partial charge in [-0.15, -0.1) is 0 Å². The van der Waals surface area contributed by atoms with E-state index in [2.05, 4.69) is 63.2 Å². The molecule has 0 aromatic heterocycles. The molecule has 0 aromatic rings. The van der Waals surface area contributed by atoms with Crippen molar-refractivity contribution in [1.82, 2.24) is 14.7 Å². The number of amides is 1. The van der Waals surface area contributed by atoms with Gasteiger partial charge in [-0.2, -0.15) is 0 Å². The lowest BCUT2D eigenvalue weighted by atomic mass is 9.32. The topological polar surface area (TPSA) is 36.0 Å². The van der Waals surface area contributed by atoms with Gasteiger partial charge in [0.1, 0.15) is 0 Å². The fraction of sp³-hybridized carbons (Fsp3) is 0.976. The lowest BCUT2D eigenvalue weighted by molar-refractivity contribution is -0.244. The van der Waals surface area contributed by atoms with Crippen LogP contribution in [0.4, 0.5) is 0 Å². The molecule has 8 fully saturated rings. The average Bonchev–Trinajstić information content (AvgIpc) is 3.67. The molecule has 0 radical (unpaired) electrons. The van der Waals surface area contributed by atoms with Gasteiger partial charge < -0.3 is 9.64 Å². The van der Waals surface area contributed by atoms with Gasteiger partial charge in [-0.1, -0.05) is 48.5 Å². The highest BCUT2D eigenvalue weighted by atomic mass is 16.5. The molecule has 1 amide bonds. The van der Waals surface area contributed by atoms with Crippen LogP contribution in [0.3, 0.4) is 0 Å². The van der Waals surface area contributed by atoms with Crippen molar-refractivity contribution in [2.45, 2.75) is 126 Å². The molecule has 2 saturated heterocycles. The maximum atomic E-state index is 15.1. The Morgan fingerprint density at radius 1 is 0.638 bits per heavy atom. The number of piperazine rings is 1. The lowest BCUT2D eigenvalue weighted by Gasteiger charge is -2.73. The molecule has 266 valence electrons. The lowest BCUT2D eigenvalue weighted by Crippen LogP contribution is -2.67. The van der Waals surface area contributed by atoms with Gasteiger partial charge in [-0.3, -0.25) is 14.6 Å². The van der Waals surface area contributed by atoms with E-state index >= 15 is 4.79 Å². The normalized spacial score (nSPS) is 49.4. The maximum Gasteiger partial charge on any atom is 0.229 e. The van der Waals surface area contributed by atoms with Gasteiger partial charge in [-0.25, -0.2) is 0 Å². The number of nitrogens with zero attached hydrogens (tertiary/aromatic N) is 3. The van der Waals surface area contributed by atoms with E-state index in [4.69, 9.17) is 4.74 Å². The predicted octanol–water partition coefficient (Wildman–Crippen LogP) is 7.98. The van der Waals surface area contributed by atoms with Crippen LogP contribution in [0.25, 0.3) is 0 Å². The monoisotopic (exact) mass is 650 g/mol. The SMILES string of the molecule is C[C@H]1CC[C@]2(C)[C@H]3CC[C@@H]4[C@H]5[C@H](C6(C)CC6)CC[C@]5(C(=O)N5CCN(CCN6CCOCC6)CC5)CC[C@@]4(C)[C@]3(C)CC[C@H]2C1(C)C. The minimum absolute atomic E-state index is 0.0943. The molecule has 10 atom stereocenters. The van der Waals surface area contributed by atoms with E-state index in [9.17, 15) is 0 Å². The van der Waals surface area contributed by atoms with E-state index in [0.29, 0.717) is 38.9 Å². The molecule has 0 aromatic carbocycles. The molecule has 0 unspecified atom stereocenters. The van der Waals surface area contributed by atoms with Crippen molar-refractivity contribution < 1.29 is 9.53 Å². The summed E-state index contributed by atoms with van der Waals surface area (Å²) < 4.78 is 5.56. The number of carbonyl (C=O) groups excluding carboxylic acids is 1. The maximum absolute atomic E-state index is 15.1. The third-order valence-electron chi connectivity index (χ3n) is 18.8. The molecule has 8 aliphatic rings. The standard InChI is InChI=1S/C42H71N3O2/c1-30-10-13-39(5)33(37(30,2)3)12-14-41(7)34(39)9-8-32-35-31(38(4)16-17-38)11-15-42(35,19-18-40(32,41)6)36(46)45-24-22-43(23-25-45)20-21-44-26-28-47-29-27-44/h30-35H,8-29H2,1-7H3/t30-,31+,32+,33-,34+,35+,39-,40+,41+,42-/m0/s1. The van der Waals surface area contributed by atoms with Gasteiger partial charge in [-0.05, 0) is 140 Å². The zero-order valence-corrected chi connectivity index (χ0v) is 31.7. The van der Waals surface area contributed by atoms with Crippen LogP contribution in [0.5, 0.6) is 0 Å². The third kappa shape index (κ3) is 4.87. The summed E-state index contributed by atoms with van der Waals surface area (Å²) in [6.45, 7) is 28.9. The molecule has 2 aliphatic heterocycles. The highest BCUT2D eigenvalue weighted by Crippen LogP contribution is 2.79. The number of fused-ring (bicyclic) bond motifs is 7. The minimum Gasteiger partial charge on any atom is -0.379 e. The number of hydrogen-bond acceptors (Lipinski definition) is 4. The van der Waals surface area contributed by atoms with E-state index in [1.54, 1.807) is 0 Å². The first-order valence-electron chi connectivity index (χ1n) is 20.6. The summed E-state index contributed by atoms with van der Waals surface area (Å²) >= 11 is 0. The van der Waals surface area contributed by atoms with Gasteiger partial charge in [0.25, 0.3) is 0 Å². The molecule has 2 heterocycles. The second kappa shape index (κ2) is 11.4. The first kappa shape index (κ1) is 33.5. The molecule has 0 N–H and O–H groups in total. The van der Waals surface area contributed by atoms with Gasteiger partial charge in [0.15, 0.2) is 0 Å². The van der Waals surface area contributed by atoms with Crippen molar-refractivity contribution in [3.63, 3.8) is 0 Å². The molecule has 47 heavy (non-hydrogen) atoms. The summed E-state index contributed by atoms with van der Waals surface area (Å²) in [7, 11) is 0. The van der Waals surface area contributed by atoms with Crippen molar-refractivity contribution in [3.05, 3.63) is 0 Å². The first-order valence-corrected chi connectivity index (χ1v) is 20.6. The van der Waals surface area contributed by atoms with E-state index in [-0.39, 0.29) is 5.41 Å². The van der Waals surface area contributed by atoms with Crippen molar-refractivity contribution in [1.29, 1.82) is 0 Å². The fourth-order valence-corrected chi connectivity index (χ4v) is 15.1. The molecule has 6 aliphatic carbocycles. The van der Waals surface area contributed by atoms with Crippen LogP contribution in [0, 0.1) is 68.0 Å². The second-order valence-electron chi connectivity index (χ2n) is 20.5. The van der Waals surface area contributed by atoms with Crippen LogP contribution >= 0.6 is 0 Å². The van der Waals surface area contributed by atoms with Gasteiger partial charge in [0.05, 0.1) is 18.6 Å². The Morgan fingerprint density at radius 2 is 1.32 bits per heavy atom. The summed E-state index contributed by atoms with van der Waals surface area (Å²) in [5.41, 5.74) is 2.08. The zero-order valence-electron chi connectivity index (χ0n) is 31.7. The highest BCUT2D eigenvalue weighted by Gasteiger charge is 2.73. The Labute approximate surface area is 288 Å². The number of morpholine rings is 1. The Bertz CT molecular complexity index is 1200. The molecular formula is C42H71N3O2. The van der Waals surface area contributed by atoms with E-state index in [1.165, 1.54) is 70.6 Å². The summed E-state index contributed by atoms with van der Waals surface area (Å²) in [6, 6.07) is 0. The third-order valence-corrected chi connectivity index (χ3v) is 18.8. The van der Waals surface area contributed by atoms with Crippen molar-refractivity contribution in [2.75, 3.05) is 65.6 Å². The Morgan fingerprint density at radius 3 is 2.00 bits per heavy atom. The molecule has 8 rings (SSSR count). The molecule has 5 nitrogen and oxygen atoms in total. The van der Waals surface area contributed by atoms with Gasteiger partial charge in [0, 0.05) is 52.4 Å². The second-order valence-corrected chi connectivity index (χ2v) is 20.5. The van der Waals surface area contributed by atoms with Gasteiger partial charge in [0.2, 0.25) is 5.91 Å². The Balaban J connectivity index is 1.04. The molecular weight excluding hydrogens is 578 g/mol. The van der Waals surface area contributed by atoms with Crippen molar-refractivity contribution >= 4 is 5.91 Å². The van der Waals surface area contributed by atoms with Crippen LogP contribution in [-0.4, -0.2) is 86.2 Å². The number of rotatable bonds is 5. The fourth-order valence-electron chi connectivity index (χ4n) is 15.1. The van der Waals surface area contributed by atoms with Gasteiger partial charge >= 0.3 is 0 Å². The Kier molecular flexibility index (Phi) is 8.14. The van der Waals surface area contributed by atoms with Crippen molar-refractivity contribution in [3.8, 4) is 0 Å². The van der Waals surface area contributed by atoms with E-state index < -0.39 is 0 Å². The summed E-state index contributed by atoms with van der Waals surface area (Å²) in [4.78, 5) is 22.7. The first-order chi connectivity index (χ1) is 22.3. The smallest absolute Gasteiger partial charge is 0.229 e.